The third kappa shape index (κ3) is 7.70. The van der Waals surface area contributed by atoms with Crippen molar-refractivity contribution < 1.29 is 14.3 Å². The molecule has 1 aliphatic rings. The Morgan fingerprint density at radius 2 is 1.57 bits per heavy atom. The van der Waals surface area contributed by atoms with Gasteiger partial charge < -0.3 is 9.47 Å². The molecule has 0 aromatic heterocycles. The normalized spacial score (nSPS) is 15.3. The Kier molecular flexibility index (Phi) is 10.7. The summed E-state index contributed by atoms with van der Waals surface area (Å²) in [4.78, 5) is 20.7. The molecule has 0 saturated carbocycles. The van der Waals surface area contributed by atoms with Crippen LogP contribution in [0.5, 0.6) is 11.5 Å². The van der Waals surface area contributed by atoms with Gasteiger partial charge >= 0.3 is 0 Å². The summed E-state index contributed by atoms with van der Waals surface area (Å²) in [5.74, 6) is 0.941. The summed E-state index contributed by atoms with van der Waals surface area (Å²) in [5.41, 5.74) is 4.59. The van der Waals surface area contributed by atoms with Crippen LogP contribution >= 0.6 is 23.4 Å². The molecule has 1 fully saturated rings. The first-order valence-electron chi connectivity index (χ1n) is 13.9. The number of hydrogen-bond donors (Lipinski definition) is 0. The molecule has 5 nitrogen and oxygen atoms in total. The van der Waals surface area contributed by atoms with Crippen LogP contribution in [0.25, 0.3) is 6.08 Å². The second-order valence-corrected chi connectivity index (χ2v) is 11.4. The Balaban J connectivity index is 1.58. The molecule has 3 aromatic carbocycles. The molecule has 0 atom stereocenters. The maximum Gasteiger partial charge on any atom is 0.271 e. The Morgan fingerprint density at radius 3 is 2.25 bits per heavy atom. The summed E-state index contributed by atoms with van der Waals surface area (Å²) in [6.07, 6.45) is 8.93. The number of rotatable bonds is 12. The van der Waals surface area contributed by atoms with Crippen molar-refractivity contribution in [3.05, 3.63) is 87.3 Å². The van der Waals surface area contributed by atoms with Crippen molar-refractivity contribution in [2.45, 2.75) is 59.3 Å². The molecule has 0 unspecified atom stereocenters. The fourth-order valence-corrected chi connectivity index (χ4v) is 5.65. The lowest BCUT2D eigenvalue weighted by Gasteiger charge is -2.16. The number of amides is 1. The van der Waals surface area contributed by atoms with Crippen molar-refractivity contribution in [3.8, 4) is 11.5 Å². The van der Waals surface area contributed by atoms with E-state index in [2.05, 4.69) is 6.92 Å². The molecule has 0 aliphatic carbocycles. The topological polar surface area (TPSA) is 51.1 Å². The van der Waals surface area contributed by atoms with E-state index in [4.69, 9.17) is 26.1 Å². The van der Waals surface area contributed by atoms with Gasteiger partial charge in [0.1, 0.15) is 0 Å². The Labute approximate surface area is 247 Å². The molecule has 1 aliphatic heterocycles. The highest BCUT2D eigenvalue weighted by Crippen LogP contribution is 2.40. The van der Waals surface area contributed by atoms with Gasteiger partial charge in [-0.1, -0.05) is 86.0 Å². The van der Waals surface area contributed by atoms with Crippen LogP contribution in [0, 0.1) is 13.8 Å². The lowest BCUT2D eigenvalue weighted by Crippen LogP contribution is -2.28. The minimum absolute atomic E-state index is 0.141. The highest BCUT2D eigenvalue weighted by Gasteiger charge is 2.35. The Hall–Kier alpha value is -3.22. The van der Waals surface area contributed by atoms with Crippen molar-refractivity contribution in [2.24, 2.45) is 4.99 Å². The average Bonchev–Trinajstić information content (AvgIpc) is 3.24. The zero-order valence-electron chi connectivity index (χ0n) is 23.7. The van der Waals surface area contributed by atoms with E-state index in [0.29, 0.717) is 33.2 Å². The van der Waals surface area contributed by atoms with Gasteiger partial charge in [0.25, 0.3) is 5.91 Å². The van der Waals surface area contributed by atoms with Crippen molar-refractivity contribution in [2.75, 3.05) is 18.6 Å². The van der Waals surface area contributed by atoms with Crippen LogP contribution in [0.2, 0.25) is 5.02 Å². The predicted octanol–water partition coefficient (Wildman–Crippen LogP) is 9.51. The molecule has 4 rings (SSSR count). The van der Waals surface area contributed by atoms with E-state index in [9.17, 15) is 4.79 Å². The van der Waals surface area contributed by atoms with Gasteiger partial charge in [-0.25, -0.2) is 4.99 Å². The summed E-state index contributed by atoms with van der Waals surface area (Å²) in [6.45, 7) is 6.86. The van der Waals surface area contributed by atoms with Crippen molar-refractivity contribution >= 4 is 51.9 Å². The van der Waals surface area contributed by atoms with Crippen LogP contribution in [0.1, 0.15) is 62.1 Å². The minimum atomic E-state index is -0.141. The maximum atomic E-state index is 13.7. The minimum Gasteiger partial charge on any atom is -0.493 e. The van der Waals surface area contributed by atoms with E-state index in [-0.39, 0.29) is 5.91 Å². The zero-order valence-corrected chi connectivity index (χ0v) is 25.3. The highest BCUT2D eigenvalue weighted by atomic mass is 35.5. The molecular formula is C33H37ClN2O3S. The molecule has 7 heteroatoms. The van der Waals surface area contributed by atoms with Gasteiger partial charge in [-0.05, 0) is 80.1 Å². The zero-order chi connectivity index (χ0) is 28.5. The number of ether oxygens (including phenoxy) is 2. The van der Waals surface area contributed by atoms with E-state index in [1.54, 1.807) is 12.0 Å². The SMILES string of the molecule is CCCCCCCCOc1c(Cl)cc(/C=C2/SC(=Nc3ccc(C)cc3)N(c3ccc(C)cc3)C2=O)cc1OC. The van der Waals surface area contributed by atoms with Gasteiger partial charge in [-0.3, -0.25) is 9.69 Å². The number of methoxy groups -OCH3 is 1. The molecule has 3 aromatic rings. The second kappa shape index (κ2) is 14.4. The number of carbonyl (C=O) groups is 1. The number of anilines is 1. The van der Waals surface area contributed by atoms with E-state index >= 15 is 0 Å². The summed E-state index contributed by atoms with van der Waals surface area (Å²) in [5, 5.41) is 1.05. The third-order valence-electron chi connectivity index (χ3n) is 6.65. The molecule has 0 spiro atoms. The van der Waals surface area contributed by atoms with Crippen molar-refractivity contribution in [1.82, 2.24) is 0 Å². The maximum absolute atomic E-state index is 13.7. The average molecular weight is 577 g/mol. The standard InChI is InChI=1S/C33H37ClN2O3S/c1-5-6-7-8-9-10-19-39-31-28(34)20-25(21-29(31)38-4)22-30-32(37)36(27-17-13-24(3)14-18-27)33(40-30)35-26-15-11-23(2)12-16-26/h11-18,20-22H,5-10,19H2,1-4H3/b30-22+,35-33?. The second-order valence-electron chi connectivity index (χ2n) is 9.97. The number of unbranched alkanes of at least 4 members (excludes halogenated alkanes) is 5. The quantitative estimate of drug-likeness (QED) is 0.159. The van der Waals surface area contributed by atoms with Crippen LogP contribution in [-0.2, 0) is 4.79 Å². The Morgan fingerprint density at radius 1 is 0.925 bits per heavy atom. The highest BCUT2D eigenvalue weighted by molar-refractivity contribution is 8.19. The van der Waals surface area contributed by atoms with E-state index in [1.165, 1.54) is 37.4 Å². The number of hydrogen-bond acceptors (Lipinski definition) is 5. The number of halogens is 1. The molecule has 0 bridgehead atoms. The number of amidine groups is 1. The number of carbonyl (C=O) groups excluding carboxylic acids is 1. The van der Waals surface area contributed by atoms with Crippen LogP contribution < -0.4 is 14.4 Å². The van der Waals surface area contributed by atoms with Gasteiger partial charge in [-0.15, -0.1) is 0 Å². The van der Waals surface area contributed by atoms with Crippen LogP contribution in [0.3, 0.4) is 0 Å². The first-order chi connectivity index (χ1) is 19.4. The van der Waals surface area contributed by atoms with E-state index in [1.807, 2.05) is 80.6 Å². The lowest BCUT2D eigenvalue weighted by molar-refractivity contribution is -0.113. The Bertz CT molecular complexity index is 1370. The smallest absolute Gasteiger partial charge is 0.271 e. The molecule has 0 radical (unpaired) electrons. The lowest BCUT2D eigenvalue weighted by atomic mass is 10.1. The fraction of sp³-hybridized carbons (Fsp3) is 0.333. The van der Waals surface area contributed by atoms with Crippen LogP contribution in [0.15, 0.2) is 70.6 Å². The molecular weight excluding hydrogens is 540 g/mol. The molecule has 210 valence electrons. The summed E-state index contributed by atoms with van der Waals surface area (Å²) in [7, 11) is 1.60. The first-order valence-corrected chi connectivity index (χ1v) is 15.1. The van der Waals surface area contributed by atoms with Crippen molar-refractivity contribution in [1.29, 1.82) is 0 Å². The number of aryl methyl sites for hydroxylation is 2. The van der Waals surface area contributed by atoms with Crippen LogP contribution in [-0.4, -0.2) is 24.8 Å². The number of benzene rings is 3. The van der Waals surface area contributed by atoms with Gasteiger partial charge in [0, 0.05) is 0 Å². The monoisotopic (exact) mass is 576 g/mol. The number of nitrogens with zero attached hydrogens (tertiary/aromatic N) is 2. The molecule has 1 amide bonds. The third-order valence-corrected chi connectivity index (χ3v) is 7.90. The largest absolute Gasteiger partial charge is 0.493 e. The summed E-state index contributed by atoms with van der Waals surface area (Å²) < 4.78 is 11.6. The van der Waals surface area contributed by atoms with Gasteiger partial charge in [0.2, 0.25) is 0 Å². The fourth-order valence-electron chi connectivity index (χ4n) is 4.37. The van der Waals surface area contributed by atoms with Gasteiger partial charge in [0.05, 0.1) is 35.0 Å². The number of thioether (sulfide) groups is 1. The van der Waals surface area contributed by atoms with E-state index in [0.717, 1.165) is 40.9 Å². The predicted molar refractivity (Wildman–Crippen MR) is 169 cm³/mol. The first kappa shape index (κ1) is 29.8. The van der Waals surface area contributed by atoms with E-state index < -0.39 is 0 Å². The van der Waals surface area contributed by atoms with Gasteiger partial charge in [0.15, 0.2) is 16.7 Å². The van der Waals surface area contributed by atoms with Gasteiger partial charge in [-0.2, -0.15) is 0 Å². The molecule has 0 N–H and O–H groups in total. The van der Waals surface area contributed by atoms with Crippen molar-refractivity contribution in [3.63, 3.8) is 0 Å². The molecule has 1 saturated heterocycles. The summed E-state index contributed by atoms with van der Waals surface area (Å²) >= 11 is 7.98. The number of aliphatic imine (C=N–C) groups is 1. The molecule has 40 heavy (non-hydrogen) atoms. The molecule has 1 heterocycles. The summed E-state index contributed by atoms with van der Waals surface area (Å²) in [6, 6.07) is 19.5. The van der Waals surface area contributed by atoms with Crippen LogP contribution in [0.4, 0.5) is 11.4 Å².